The van der Waals surface area contributed by atoms with Crippen LogP contribution in [0.25, 0.3) is 0 Å². The van der Waals surface area contributed by atoms with Crippen LogP contribution in [0.2, 0.25) is 0 Å². The normalized spacial score (nSPS) is 21.7. The fraction of sp³-hybridized carbons (Fsp3) is 0.600. The maximum Gasteiger partial charge on any atom is 0.284 e. The fourth-order valence-corrected chi connectivity index (χ4v) is 3.02. The lowest BCUT2D eigenvalue weighted by atomic mass is 9.87. The van der Waals surface area contributed by atoms with Crippen LogP contribution in [0.1, 0.15) is 41.7 Å². The highest BCUT2D eigenvalue weighted by molar-refractivity contribution is 5.91. The van der Waals surface area contributed by atoms with E-state index in [1.165, 1.54) is 12.1 Å². The minimum atomic E-state index is -1.70. The molecule has 0 radical (unpaired) electrons. The molecule has 3 rings (SSSR count). The molecule has 7 heteroatoms. The number of hydrogen-bond donors (Lipinski definition) is 2. The molecule has 120 valence electrons. The number of pyridine rings is 1. The smallest absolute Gasteiger partial charge is 0.284 e. The van der Waals surface area contributed by atoms with Crippen LogP contribution in [-0.2, 0) is 5.67 Å². The van der Waals surface area contributed by atoms with Crippen molar-refractivity contribution in [3.8, 4) is 0 Å². The van der Waals surface area contributed by atoms with Crippen molar-refractivity contribution in [3.05, 3.63) is 29.3 Å². The van der Waals surface area contributed by atoms with E-state index in [-0.39, 0.29) is 24.1 Å². The minimum absolute atomic E-state index is 0.0225. The minimum Gasteiger partial charge on any atom is -0.316 e. The number of hydrazine groups is 1. The van der Waals surface area contributed by atoms with Crippen LogP contribution in [-0.4, -0.2) is 42.1 Å². The Kier molecular flexibility index (Phi) is 4.35. The highest BCUT2D eigenvalue weighted by Gasteiger charge is 2.37. The van der Waals surface area contributed by atoms with E-state index in [9.17, 15) is 13.6 Å². The molecule has 2 aliphatic heterocycles. The third-order valence-electron chi connectivity index (χ3n) is 4.33. The maximum atomic E-state index is 14.8. The number of nitrogens with one attached hydrogen (secondary N) is 2. The van der Waals surface area contributed by atoms with Gasteiger partial charge in [0.25, 0.3) is 5.91 Å². The standard InChI is InChI=1S/C15H20F2N4O/c16-13-11(15(17)5-7-18-8-6-15)3-4-12(19-13)14(22)20-21-9-1-2-10-21/h3-4,18H,1-2,5-10H2,(H,20,22). The number of carbonyl (C=O) groups is 1. The molecule has 0 spiro atoms. The van der Waals surface area contributed by atoms with Gasteiger partial charge in [0.1, 0.15) is 11.4 Å². The number of hydrogen-bond acceptors (Lipinski definition) is 4. The molecular formula is C15H20F2N4O. The molecule has 2 N–H and O–H groups in total. The average molecular weight is 310 g/mol. The summed E-state index contributed by atoms with van der Waals surface area (Å²) in [7, 11) is 0. The summed E-state index contributed by atoms with van der Waals surface area (Å²) in [6.45, 7) is 2.58. The number of alkyl halides is 1. The van der Waals surface area contributed by atoms with Gasteiger partial charge in [-0.25, -0.2) is 14.4 Å². The number of carbonyl (C=O) groups excluding carboxylic acids is 1. The van der Waals surface area contributed by atoms with Gasteiger partial charge in [0, 0.05) is 18.7 Å². The predicted molar refractivity (Wildman–Crippen MR) is 77.4 cm³/mol. The zero-order valence-electron chi connectivity index (χ0n) is 12.4. The molecular weight excluding hydrogens is 290 g/mol. The van der Waals surface area contributed by atoms with Crippen LogP contribution in [0.4, 0.5) is 8.78 Å². The number of nitrogens with zero attached hydrogens (tertiary/aromatic N) is 2. The second kappa shape index (κ2) is 6.26. The Labute approximate surface area is 128 Å². The molecule has 0 aliphatic carbocycles. The fourth-order valence-electron chi connectivity index (χ4n) is 3.02. The van der Waals surface area contributed by atoms with Gasteiger partial charge in [-0.3, -0.25) is 10.2 Å². The van der Waals surface area contributed by atoms with Gasteiger partial charge >= 0.3 is 0 Å². The first kappa shape index (κ1) is 15.3. The third kappa shape index (κ3) is 3.10. The van der Waals surface area contributed by atoms with Crippen molar-refractivity contribution in [2.24, 2.45) is 0 Å². The second-order valence-corrected chi connectivity index (χ2v) is 5.89. The van der Waals surface area contributed by atoms with Gasteiger partial charge in [-0.05, 0) is 50.9 Å². The van der Waals surface area contributed by atoms with Gasteiger partial charge in [0.15, 0.2) is 0 Å². The van der Waals surface area contributed by atoms with Crippen molar-refractivity contribution >= 4 is 5.91 Å². The van der Waals surface area contributed by atoms with Crippen LogP contribution in [0, 0.1) is 5.95 Å². The second-order valence-electron chi connectivity index (χ2n) is 5.89. The summed E-state index contributed by atoms with van der Waals surface area (Å²) in [5, 5.41) is 4.84. The van der Waals surface area contributed by atoms with Crippen molar-refractivity contribution in [2.75, 3.05) is 26.2 Å². The molecule has 2 fully saturated rings. The summed E-state index contributed by atoms with van der Waals surface area (Å²) >= 11 is 0. The molecule has 1 amide bonds. The largest absolute Gasteiger partial charge is 0.316 e. The molecule has 0 unspecified atom stereocenters. The Morgan fingerprint density at radius 1 is 1.27 bits per heavy atom. The molecule has 2 saturated heterocycles. The Morgan fingerprint density at radius 3 is 2.59 bits per heavy atom. The van der Waals surface area contributed by atoms with Crippen molar-refractivity contribution in [1.29, 1.82) is 0 Å². The molecule has 0 saturated carbocycles. The molecule has 0 atom stereocenters. The van der Waals surface area contributed by atoms with Crippen LogP contribution in [0.3, 0.4) is 0 Å². The quantitative estimate of drug-likeness (QED) is 0.831. The monoisotopic (exact) mass is 310 g/mol. The third-order valence-corrected chi connectivity index (χ3v) is 4.33. The van der Waals surface area contributed by atoms with Gasteiger partial charge in [0.05, 0.1) is 0 Å². The molecule has 0 bridgehead atoms. The zero-order valence-corrected chi connectivity index (χ0v) is 12.4. The van der Waals surface area contributed by atoms with E-state index in [4.69, 9.17) is 0 Å². The first-order valence-electron chi connectivity index (χ1n) is 7.71. The number of rotatable bonds is 3. The van der Waals surface area contributed by atoms with Crippen molar-refractivity contribution in [2.45, 2.75) is 31.4 Å². The topological polar surface area (TPSA) is 57.3 Å². The van der Waals surface area contributed by atoms with E-state index >= 15 is 0 Å². The molecule has 1 aromatic rings. The lowest BCUT2D eigenvalue weighted by molar-refractivity contribution is 0.0816. The predicted octanol–water partition coefficient (Wildman–Crippen LogP) is 1.51. The van der Waals surface area contributed by atoms with Gasteiger partial charge < -0.3 is 5.32 Å². The van der Waals surface area contributed by atoms with Crippen LogP contribution in [0.5, 0.6) is 0 Å². The Balaban J connectivity index is 1.75. The molecule has 3 heterocycles. The van der Waals surface area contributed by atoms with E-state index in [1.807, 2.05) is 0 Å². The first-order valence-corrected chi connectivity index (χ1v) is 7.71. The number of amides is 1. The Morgan fingerprint density at radius 2 is 1.95 bits per heavy atom. The summed E-state index contributed by atoms with van der Waals surface area (Å²) in [4.78, 5) is 15.7. The summed E-state index contributed by atoms with van der Waals surface area (Å²) in [5.41, 5.74) is 0.918. The number of aromatic nitrogens is 1. The van der Waals surface area contributed by atoms with Gasteiger partial charge in [0.2, 0.25) is 5.95 Å². The van der Waals surface area contributed by atoms with Crippen molar-refractivity contribution in [1.82, 2.24) is 20.7 Å². The molecule has 0 aromatic carbocycles. The molecule has 5 nitrogen and oxygen atoms in total. The zero-order chi connectivity index (χ0) is 15.6. The Hall–Kier alpha value is -1.60. The number of piperidine rings is 1. The molecule has 1 aromatic heterocycles. The summed E-state index contributed by atoms with van der Waals surface area (Å²) in [6, 6.07) is 2.75. The highest BCUT2D eigenvalue weighted by Crippen LogP contribution is 2.35. The van der Waals surface area contributed by atoms with Gasteiger partial charge in [-0.1, -0.05) is 0 Å². The summed E-state index contributed by atoms with van der Waals surface area (Å²) < 4.78 is 29.0. The van der Waals surface area contributed by atoms with E-state index < -0.39 is 17.5 Å². The van der Waals surface area contributed by atoms with E-state index in [1.54, 1.807) is 5.01 Å². The van der Waals surface area contributed by atoms with Crippen LogP contribution >= 0.6 is 0 Å². The number of halogens is 2. The Bertz CT molecular complexity index is 554. The molecule has 2 aliphatic rings. The van der Waals surface area contributed by atoms with Crippen molar-refractivity contribution < 1.29 is 13.6 Å². The van der Waals surface area contributed by atoms with E-state index in [0.29, 0.717) is 13.1 Å². The van der Waals surface area contributed by atoms with Crippen molar-refractivity contribution in [3.63, 3.8) is 0 Å². The lowest BCUT2D eigenvalue weighted by Gasteiger charge is -2.30. The molecule has 22 heavy (non-hydrogen) atoms. The van der Waals surface area contributed by atoms with Gasteiger partial charge in [-0.15, -0.1) is 0 Å². The van der Waals surface area contributed by atoms with E-state index in [0.717, 1.165) is 25.9 Å². The lowest BCUT2D eigenvalue weighted by Crippen LogP contribution is -2.40. The maximum absolute atomic E-state index is 14.8. The average Bonchev–Trinajstić information content (AvgIpc) is 3.00. The van der Waals surface area contributed by atoms with Crippen LogP contribution in [0.15, 0.2) is 12.1 Å². The summed E-state index contributed by atoms with van der Waals surface area (Å²) in [6.07, 6.45) is 2.48. The SMILES string of the molecule is O=C(NN1CCCC1)c1ccc(C2(F)CCNCC2)c(F)n1. The van der Waals surface area contributed by atoms with Crippen LogP contribution < -0.4 is 10.7 Å². The van der Waals surface area contributed by atoms with Gasteiger partial charge in [-0.2, -0.15) is 4.39 Å². The van der Waals surface area contributed by atoms with E-state index in [2.05, 4.69) is 15.7 Å². The first-order chi connectivity index (χ1) is 10.6. The highest BCUT2D eigenvalue weighted by atomic mass is 19.1. The summed E-state index contributed by atoms with van der Waals surface area (Å²) in [5.74, 6) is -1.34.